The predicted molar refractivity (Wildman–Crippen MR) is 73.4 cm³/mol. The van der Waals surface area contributed by atoms with E-state index in [0.717, 1.165) is 5.56 Å². The number of benzene rings is 1. The molecule has 20 heavy (non-hydrogen) atoms. The van der Waals surface area contributed by atoms with Gasteiger partial charge < -0.3 is 15.2 Å². The van der Waals surface area contributed by atoms with Crippen LogP contribution in [0.3, 0.4) is 0 Å². The summed E-state index contributed by atoms with van der Waals surface area (Å²) in [5.74, 6) is -0.595. The number of carbonyl (C=O) groups excluding carboxylic acids is 1. The SMILES string of the molecule is O=C(C=Cc1ccc(F)cc1)NCC1(O)CCOCC1. The van der Waals surface area contributed by atoms with Crippen molar-refractivity contribution < 1.29 is 19.0 Å². The topological polar surface area (TPSA) is 58.6 Å². The molecule has 2 N–H and O–H groups in total. The minimum atomic E-state index is -0.877. The number of halogens is 1. The van der Waals surface area contributed by atoms with E-state index in [2.05, 4.69) is 5.32 Å². The Morgan fingerprint density at radius 2 is 2.00 bits per heavy atom. The van der Waals surface area contributed by atoms with Gasteiger partial charge in [0.1, 0.15) is 5.82 Å². The van der Waals surface area contributed by atoms with Gasteiger partial charge >= 0.3 is 0 Å². The third-order valence-electron chi connectivity index (χ3n) is 3.31. The fraction of sp³-hybridized carbons (Fsp3) is 0.400. The van der Waals surface area contributed by atoms with E-state index in [-0.39, 0.29) is 18.3 Å². The zero-order valence-corrected chi connectivity index (χ0v) is 11.1. The van der Waals surface area contributed by atoms with Crippen molar-refractivity contribution >= 4 is 12.0 Å². The highest BCUT2D eigenvalue weighted by molar-refractivity contribution is 5.91. The summed E-state index contributed by atoms with van der Waals surface area (Å²) >= 11 is 0. The molecule has 0 aromatic heterocycles. The van der Waals surface area contributed by atoms with E-state index < -0.39 is 5.60 Å². The molecule has 1 aliphatic rings. The Labute approximate surface area is 117 Å². The van der Waals surface area contributed by atoms with E-state index >= 15 is 0 Å². The predicted octanol–water partition coefficient (Wildman–Crippen LogP) is 1.50. The fourth-order valence-electron chi connectivity index (χ4n) is 1.98. The number of ether oxygens (including phenoxy) is 1. The first kappa shape index (κ1) is 14.7. The molecule has 0 spiro atoms. The van der Waals surface area contributed by atoms with Crippen molar-refractivity contribution in [1.82, 2.24) is 5.32 Å². The van der Waals surface area contributed by atoms with E-state index in [0.29, 0.717) is 26.1 Å². The first-order chi connectivity index (χ1) is 9.57. The molecule has 0 unspecified atom stereocenters. The number of hydrogen-bond acceptors (Lipinski definition) is 3. The van der Waals surface area contributed by atoms with E-state index in [1.807, 2.05) is 0 Å². The molecule has 2 rings (SSSR count). The summed E-state index contributed by atoms with van der Waals surface area (Å²) in [7, 11) is 0. The molecule has 1 amide bonds. The highest BCUT2D eigenvalue weighted by atomic mass is 19.1. The highest BCUT2D eigenvalue weighted by Crippen LogP contribution is 2.19. The van der Waals surface area contributed by atoms with Gasteiger partial charge in [0.25, 0.3) is 0 Å². The minimum absolute atomic E-state index is 0.211. The average Bonchev–Trinajstić information content (AvgIpc) is 2.45. The maximum absolute atomic E-state index is 12.7. The lowest BCUT2D eigenvalue weighted by Crippen LogP contribution is -2.46. The monoisotopic (exact) mass is 279 g/mol. The molecule has 1 saturated heterocycles. The lowest BCUT2D eigenvalue weighted by Gasteiger charge is -2.31. The lowest BCUT2D eigenvalue weighted by atomic mass is 9.94. The van der Waals surface area contributed by atoms with E-state index in [4.69, 9.17) is 4.74 Å². The smallest absolute Gasteiger partial charge is 0.244 e. The van der Waals surface area contributed by atoms with Gasteiger partial charge in [-0.25, -0.2) is 4.39 Å². The number of carbonyl (C=O) groups is 1. The number of aliphatic hydroxyl groups is 1. The maximum atomic E-state index is 12.7. The molecule has 108 valence electrons. The number of nitrogens with one attached hydrogen (secondary N) is 1. The maximum Gasteiger partial charge on any atom is 0.244 e. The van der Waals surface area contributed by atoms with Gasteiger partial charge in [0, 0.05) is 38.7 Å². The molecule has 4 nitrogen and oxygen atoms in total. The average molecular weight is 279 g/mol. The number of hydrogen-bond donors (Lipinski definition) is 2. The molecular formula is C15H18FNO3. The Bertz CT molecular complexity index is 478. The molecule has 1 aliphatic heterocycles. The molecule has 0 bridgehead atoms. The number of rotatable bonds is 4. The van der Waals surface area contributed by atoms with Crippen LogP contribution in [-0.2, 0) is 9.53 Å². The molecule has 0 atom stereocenters. The number of amides is 1. The van der Waals surface area contributed by atoms with Gasteiger partial charge in [0.15, 0.2) is 0 Å². The van der Waals surface area contributed by atoms with Crippen LogP contribution in [0, 0.1) is 5.82 Å². The second-order valence-corrected chi connectivity index (χ2v) is 4.94. The van der Waals surface area contributed by atoms with Crippen LogP contribution in [0.25, 0.3) is 6.08 Å². The van der Waals surface area contributed by atoms with Crippen LogP contribution >= 0.6 is 0 Å². The lowest BCUT2D eigenvalue weighted by molar-refractivity contribution is -0.119. The van der Waals surface area contributed by atoms with Gasteiger partial charge in [-0.3, -0.25) is 4.79 Å². The zero-order valence-electron chi connectivity index (χ0n) is 11.1. The molecule has 0 saturated carbocycles. The van der Waals surface area contributed by atoms with Crippen molar-refractivity contribution in [2.45, 2.75) is 18.4 Å². The summed E-state index contributed by atoms with van der Waals surface area (Å²) < 4.78 is 17.9. The molecule has 1 aromatic carbocycles. The van der Waals surface area contributed by atoms with Gasteiger partial charge in [0.2, 0.25) is 5.91 Å². The summed E-state index contributed by atoms with van der Waals surface area (Å²) in [6.45, 7) is 1.23. The van der Waals surface area contributed by atoms with Crippen molar-refractivity contribution in [2.75, 3.05) is 19.8 Å². The van der Waals surface area contributed by atoms with Crippen molar-refractivity contribution in [2.24, 2.45) is 0 Å². The first-order valence-corrected chi connectivity index (χ1v) is 6.59. The van der Waals surface area contributed by atoms with Crippen molar-refractivity contribution in [3.05, 3.63) is 41.7 Å². The van der Waals surface area contributed by atoms with Crippen LogP contribution in [0.4, 0.5) is 4.39 Å². The Hall–Kier alpha value is -1.72. The fourth-order valence-corrected chi connectivity index (χ4v) is 1.98. The summed E-state index contributed by atoms with van der Waals surface area (Å²) in [4.78, 5) is 11.7. The quantitative estimate of drug-likeness (QED) is 0.821. The van der Waals surface area contributed by atoms with Gasteiger partial charge in [-0.1, -0.05) is 12.1 Å². The summed E-state index contributed by atoms with van der Waals surface area (Å²) in [5, 5.41) is 12.8. The molecular weight excluding hydrogens is 261 g/mol. The Morgan fingerprint density at radius 3 is 2.65 bits per heavy atom. The molecule has 5 heteroatoms. The first-order valence-electron chi connectivity index (χ1n) is 6.59. The highest BCUT2D eigenvalue weighted by Gasteiger charge is 2.29. The van der Waals surface area contributed by atoms with Crippen LogP contribution in [0.15, 0.2) is 30.3 Å². The van der Waals surface area contributed by atoms with Gasteiger partial charge in [-0.15, -0.1) is 0 Å². The largest absolute Gasteiger partial charge is 0.388 e. The summed E-state index contributed by atoms with van der Waals surface area (Å²) in [6.07, 6.45) is 4.02. The third-order valence-corrected chi connectivity index (χ3v) is 3.31. The molecule has 1 heterocycles. The Balaban J connectivity index is 1.81. The van der Waals surface area contributed by atoms with Crippen LogP contribution in [0.1, 0.15) is 18.4 Å². The third kappa shape index (κ3) is 4.43. The van der Waals surface area contributed by atoms with Crippen LogP contribution in [-0.4, -0.2) is 36.4 Å². The second-order valence-electron chi connectivity index (χ2n) is 4.94. The van der Waals surface area contributed by atoms with Crippen LogP contribution in [0.2, 0.25) is 0 Å². The van der Waals surface area contributed by atoms with Crippen molar-refractivity contribution in [3.63, 3.8) is 0 Å². The molecule has 0 aliphatic carbocycles. The van der Waals surface area contributed by atoms with E-state index in [9.17, 15) is 14.3 Å². The molecule has 1 fully saturated rings. The van der Waals surface area contributed by atoms with Gasteiger partial charge in [-0.2, -0.15) is 0 Å². The summed E-state index contributed by atoms with van der Waals surface area (Å²) in [5.41, 5.74) is -0.135. The Morgan fingerprint density at radius 1 is 1.35 bits per heavy atom. The molecule has 0 radical (unpaired) electrons. The van der Waals surface area contributed by atoms with E-state index in [1.54, 1.807) is 18.2 Å². The molecule has 1 aromatic rings. The normalized spacial score (nSPS) is 18.1. The van der Waals surface area contributed by atoms with Gasteiger partial charge in [0.05, 0.1) is 5.60 Å². The van der Waals surface area contributed by atoms with E-state index in [1.165, 1.54) is 18.2 Å². The minimum Gasteiger partial charge on any atom is -0.388 e. The van der Waals surface area contributed by atoms with Crippen molar-refractivity contribution in [1.29, 1.82) is 0 Å². The Kier molecular flexibility index (Phi) is 4.87. The van der Waals surface area contributed by atoms with Crippen molar-refractivity contribution in [3.8, 4) is 0 Å². The zero-order chi connectivity index (χ0) is 14.4. The van der Waals surface area contributed by atoms with Crippen LogP contribution < -0.4 is 5.32 Å². The van der Waals surface area contributed by atoms with Gasteiger partial charge in [-0.05, 0) is 23.8 Å². The van der Waals surface area contributed by atoms with Crippen LogP contribution in [0.5, 0.6) is 0 Å². The standard InChI is InChI=1S/C15H18FNO3/c16-13-4-1-12(2-5-13)3-6-14(18)17-11-15(19)7-9-20-10-8-15/h1-6,19H,7-11H2,(H,17,18). The summed E-state index contributed by atoms with van der Waals surface area (Å²) in [6, 6.07) is 5.85. The second kappa shape index (κ2) is 6.63.